The third-order valence-electron chi connectivity index (χ3n) is 2.69. The van der Waals surface area contributed by atoms with Gasteiger partial charge in [-0.2, -0.15) is 0 Å². The first-order chi connectivity index (χ1) is 7.13. The molecule has 3 nitrogen and oxygen atoms in total. The van der Waals surface area contributed by atoms with Crippen molar-refractivity contribution in [1.82, 2.24) is 5.32 Å². The summed E-state index contributed by atoms with van der Waals surface area (Å²) < 4.78 is 6.10. The molecule has 2 N–H and O–H groups in total. The van der Waals surface area contributed by atoms with Crippen LogP contribution in [0.4, 0.5) is 0 Å². The molecule has 0 spiro atoms. The molecule has 0 aromatic heterocycles. The van der Waals surface area contributed by atoms with Gasteiger partial charge < -0.3 is 15.2 Å². The van der Waals surface area contributed by atoms with Crippen LogP contribution in [0.3, 0.4) is 0 Å². The van der Waals surface area contributed by atoms with E-state index in [-0.39, 0.29) is 0 Å². The molecule has 1 aromatic rings. The fraction of sp³-hybridized carbons (Fsp3) is 0.455. The SMILES string of the molecule is COc1ccc(CC2(O)CNC2)c(Br)c1. The van der Waals surface area contributed by atoms with Crippen LogP contribution >= 0.6 is 15.9 Å². The third-order valence-corrected chi connectivity index (χ3v) is 3.43. The predicted octanol–water partition coefficient (Wildman–Crippen LogP) is 1.33. The Morgan fingerprint density at radius 3 is 2.73 bits per heavy atom. The van der Waals surface area contributed by atoms with Crippen molar-refractivity contribution in [2.45, 2.75) is 12.0 Å². The second-order valence-electron chi connectivity index (χ2n) is 3.96. The van der Waals surface area contributed by atoms with E-state index in [0.717, 1.165) is 15.8 Å². The van der Waals surface area contributed by atoms with Crippen molar-refractivity contribution in [1.29, 1.82) is 0 Å². The minimum absolute atomic E-state index is 0.572. The molecule has 1 saturated heterocycles. The second kappa shape index (κ2) is 4.12. The van der Waals surface area contributed by atoms with Gasteiger partial charge in [0.2, 0.25) is 0 Å². The molecular weight excluding hydrogens is 258 g/mol. The summed E-state index contributed by atoms with van der Waals surface area (Å²) in [5.41, 5.74) is 0.539. The minimum Gasteiger partial charge on any atom is -0.497 e. The summed E-state index contributed by atoms with van der Waals surface area (Å²) in [5.74, 6) is 0.823. The van der Waals surface area contributed by atoms with E-state index >= 15 is 0 Å². The Morgan fingerprint density at radius 1 is 1.53 bits per heavy atom. The fourth-order valence-electron chi connectivity index (χ4n) is 1.69. The van der Waals surface area contributed by atoms with Gasteiger partial charge in [0, 0.05) is 24.0 Å². The van der Waals surface area contributed by atoms with E-state index in [1.807, 2.05) is 18.2 Å². The molecule has 0 atom stereocenters. The molecule has 0 bridgehead atoms. The number of rotatable bonds is 3. The standard InChI is InChI=1S/C11H14BrNO2/c1-15-9-3-2-8(10(12)4-9)5-11(14)6-13-7-11/h2-4,13-14H,5-7H2,1H3. The lowest BCUT2D eigenvalue weighted by Crippen LogP contribution is -2.60. The molecule has 15 heavy (non-hydrogen) atoms. The highest BCUT2D eigenvalue weighted by Crippen LogP contribution is 2.27. The van der Waals surface area contributed by atoms with Crippen molar-refractivity contribution < 1.29 is 9.84 Å². The smallest absolute Gasteiger partial charge is 0.120 e. The first-order valence-electron chi connectivity index (χ1n) is 4.88. The molecular formula is C11H14BrNO2. The molecule has 82 valence electrons. The quantitative estimate of drug-likeness (QED) is 0.872. The molecule has 0 radical (unpaired) electrons. The molecule has 0 aliphatic carbocycles. The number of halogens is 1. The van der Waals surface area contributed by atoms with Crippen molar-refractivity contribution >= 4 is 15.9 Å². The number of β-amino-alcohol motifs (C(OH)–C–C–N with tert-alkyl or cyclic N) is 1. The Hall–Kier alpha value is -0.580. The van der Waals surface area contributed by atoms with Gasteiger partial charge in [0.25, 0.3) is 0 Å². The third kappa shape index (κ3) is 2.33. The van der Waals surface area contributed by atoms with Gasteiger partial charge in [0.1, 0.15) is 5.75 Å². The summed E-state index contributed by atoms with van der Waals surface area (Å²) in [5, 5.41) is 13.1. The average Bonchev–Trinajstić information content (AvgIpc) is 2.18. The van der Waals surface area contributed by atoms with Crippen LogP contribution in [0, 0.1) is 0 Å². The number of methoxy groups -OCH3 is 1. The summed E-state index contributed by atoms with van der Waals surface area (Å²) in [6, 6.07) is 5.82. The molecule has 0 amide bonds. The van der Waals surface area contributed by atoms with E-state index in [9.17, 15) is 5.11 Å². The van der Waals surface area contributed by atoms with E-state index in [1.54, 1.807) is 7.11 Å². The maximum absolute atomic E-state index is 10.00. The first kappa shape index (κ1) is 10.9. The van der Waals surface area contributed by atoms with E-state index in [4.69, 9.17) is 4.74 Å². The Labute approximate surface area is 97.6 Å². The molecule has 2 rings (SSSR count). The molecule has 1 fully saturated rings. The largest absolute Gasteiger partial charge is 0.497 e. The van der Waals surface area contributed by atoms with Gasteiger partial charge in [-0.3, -0.25) is 0 Å². The summed E-state index contributed by atoms with van der Waals surface area (Å²) in [4.78, 5) is 0. The van der Waals surface area contributed by atoms with Crippen LogP contribution in [-0.4, -0.2) is 30.9 Å². The van der Waals surface area contributed by atoms with Gasteiger partial charge in [0.05, 0.1) is 12.7 Å². The highest BCUT2D eigenvalue weighted by molar-refractivity contribution is 9.10. The van der Waals surface area contributed by atoms with E-state index in [0.29, 0.717) is 19.5 Å². The zero-order valence-electron chi connectivity index (χ0n) is 8.59. The van der Waals surface area contributed by atoms with E-state index in [2.05, 4.69) is 21.2 Å². The summed E-state index contributed by atoms with van der Waals surface area (Å²) >= 11 is 3.48. The van der Waals surface area contributed by atoms with E-state index in [1.165, 1.54) is 0 Å². The fourth-order valence-corrected chi connectivity index (χ4v) is 2.19. The average molecular weight is 272 g/mol. The van der Waals surface area contributed by atoms with Crippen LogP contribution in [-0.2, 0) is 6.42 Å². The lowest BCUT2D eigenvalue weighted by Gasteiger charge is -2.38. The topological polar surface area (TPSA) is 41.5 Å². The molecule has 4 heteroatoms. The molecule has 1 aliphatic heterocycles. The van der Waals surface area contributed by atoms with E-state index < -0.39 is 5.60 Å². The van der Waals surface area contributed by atoms with Gasteiger partial charge in [-0.15, -0.1) is 0 Å². The Balaban J connectivity index is 2.14. The molecule has 1 aromatic carbocycles. The predicted molar refractivity (Wildman–Crippen MR) is 62.2 cm³/mol. The van der Waals surface area contributed by atoms with Gasteiger partial charge in [-0.25, -0.2) is 0 Å². The van der Waals surface area contributed by atoms with Crippen molar-refractivity contribution in [3.63, 3.8) is 0 Å². The maximum atomic E-state index is 10.00. The zero-order chi connectivity index (χ0) is 10.9. The number of ether oxygens (including phenoxy) is 1. The first-order valence-corrected chi connectivity index (χ1v) is 5.68. The lowest BCUT2D eigenvalue weighted by atomic mass is 9.89. The monoisotopic (exact) mass is 271 g/mol. The van der Waals surface area contributed by atoms with Crippen LogP contribution in [0.2, 0.25) is 0 Å². The number of aliphatic hydroxyl groups is 1. The number of hydrogen-bond donors (Lipinski definition) is 2. The van der Waals surface area contributed by atoms with Crippen molar-refractivity contribution in [2.24, 2.45) is 0 Å². The number of nitrogens with one attached hydrogen (secondary N) is 1. The van der Waals surface area contributed by atoms with Crippen LogP contribution < -0.4 is 10.1 Å². The van der Waals surface area contributed by atoms with Crippen LogP contribution in [0.15, 0.2) is 22.7 Å². The summed E-state index contributed by atoms with van der Waals surface area (Å²) in [6.07, 6.45) is 0.671. The normalized spacial score (nSPS) is 18.3. The Morgan fingerprint density at radius 2 is 2.27 bits per heavy atom. The highest BCUT2D eigenvalue weighted by atomic mass is 79.9. The minimum atomic E-state index is -0.572. The van der Waals surface area contributed by atoms with Gasteiger partial charge in [-0.1, -0.05) is 22.0 Å². The van der Waals surface area contributed by atoms with Crippen molar-refractivity contribution in [3.8, 4) is 5.75 Å². The molecule has 0 unspecified atom stereocenters. The molecule has 1 aliphatic rings. The summed E-state index contributed by atoms with van der Waals surface area (Å²) in [6.45, 7) is 1.34. The molecule has 1 heterocycles. The Bertz CT molecular complexity index is 364. The lowest BCUT2D eigenvalue weighted by molar-refractivity contribution is -0.00916. The number of benzene rings is 1. The van der Waals surface area contributed by atoms with Crippen LogP contribution in [0.5, 0.6) is 5.75 Å². The highest BCUT2D eigenvalue weighted by Gasteiger charge is 2.34. The number of hydrogen-bond acceptors (Lipinski definition) is 3. The van der Waals surface area contributed by atoms with Crippen LogP contribution in [0.25, 0.3) is 0 Å². The van der Waals surface area contributed by atoms with Gasteiger partial charge in [0.15, 0.2) is 0 Å². The van der Waals surface area contributed by atoms with Gasteiger partial charge >= 0.3 is 0 Å². The van der Waals surface area contributed by atoms with Crippen molar-refractivity contribution in [2.75, 3.05) is 20.2 Å². The summed E-state index contributed by atoms with van der Waals surface area (Å²) in [7, 11) is 1.64. The Kier molecular flexibility index (Phi) is 3.00. The van der Waals surface area contributed by atoms with Crippen LogP contribution in [0.1, 0.15) is 5.56 Å². The maximum Gasteiger partial charge on any atom is 0.120 e. The van der Waals surface area contributed by atoms with Gasteiger partial charge in [-0.05, 0) is 17.7 Å². The van der Waals surface area contributed by atoms with Crippen molar-refractivity contribution in [3.05, 3.63) is 28.2 Å². The second-order valence-corrected chi connectivity index (χ2v) is 4.82. The zero-order valence-corrected chi connectivity index (χ0v) is 10.2. The molecule has 0 saturated carbocycles.